The van der Waals surface area contributed by atoms with Crippen LogP contribution in [0.5, 0.6) is 11.5 Å². The highest BCUT2D eigenvalue weighted by Crippen LogP contribution is 2.56. The van der Waals surface area contributed by atoms with Crippen LogP contribution >= 0.6 is 0 Å². The topological polar surface area (TPSA) is 174 Å². The lowest BCUT2D eigenvalue weighted by Gasteiger charge is -2.46. The highest BCUT2D eigenvalue weighted by atomic mass is 16.7. The molecular formula is C39H40O10. The first-order valence-electron chi connectivity index (χ1n) is 16.7. The Morgan fingerprint density at radius 2 is 1.59 bits per heavy atom. The summed E-state index contributed by atoms with van der Waals surface area (Å²) in [5.41, 5.74) is 4.12. The van der Waals surface area contributed by atoms with Crippen molar-refractivity contribution >= 4 is 22.5 Å². The normalized spacial score (nSPS) is 29.3. The monoisotopic (exact) mass is 668 g/mol. The molecule has 4 aromatic carbocycles. The number of phenolic OH excluding ortho intramolecular Hbond substituents is 1. The summed E-state index contributed by atoms with van der Waals surface area (Å²) in [5, 5.41) is 62.7. The minimum absolute atomic E-state index is 0.0309. The number of phenols is 1. The first-order chi connectivity index (χ1) is 23.6. The van der Waals surface area contributed by atoms with E-state index in [0.717, 1.165) is 30.9 Å². The molecule has 1 heterocycles. The second kappa shape index (κ2) is 13.2. The third-order valence-corrected chi connectivity index (χ3v) is 10.9. The van der Waals surface area contributed by atoms with Gasteiger partial charge in [-0.3, -0.25) is 4.79 Å². The molecule has 49 heavy (non-hydrogen) atoms. The van der Waals surface area contributed by atoms with E-state index in [1.54, 1.807) is 13.0 Å². The fourth-order valence-electron chi connectivity index (χ4n) is 8.51. The van der Waals surface area contributed by atoms with Gasteiger partial charge in [-0.25, -0.2) is 4.79 Å². The number of carbonyl (C=O) groups is 2. The summed E-state index contributed by atoms with van der Waals surface area (Å²) in [5.74, 6) is -1.16. The second-order valence-corrected chi connectivity index (χ2v) is 13.7. The molecule has 2 aliphatic carbocycles. The number of aryl methyl sites for hydroxylation is 1. The molecule has 1 saturated carbocycles. The smallest absolute Gasteiger partial charge is 0.335 e. The molecule has 6 N–H and O–H groups in total. The van der Waals surface area contributed by atoms with Crippen molar-refractivity contribution in [2.24, 2.45) is 5.92 Å². The third-order valence-electron chi connectivity index (χ3n) is 10.9. The zero-order valence-corrected chi connectivity index (χ0v) is 27.0. The van der Waals surface area contributed by atoms with Crippen LogP contribution in [0, 0.1) is 12.8 Å². The lowest BCUT2D eigenvalue weighted by Crippen LogP contribution is -2.60. The van der Waals surface area contributed by atoms with Crippen LogP contribution in [0.15, 0.2) is 72.8 Å². The van der Waals surface area contributed by atoms with Crippen LogP contribution in [0.25, 0.3) is 10.8 Å². The van der Waals surface area contributed by atoms with Crippen LogP contribution < -0.4 is 4.74 Å². The maximum absolute atomic E-state index is 14.3. The molecule has 2 bridgehead atoms. The number of ether oxygens (including phenoxy) is 2. The lowest BCUT2D eigenvalue weighted by atomic mass is 9.58. The molecule has 0 radical (unpaired) electrons. The number of fused-ring (bicyclic) bond motifs is 5. The molecule has 0 unspecified atom stereocenters. The van der Waals surface area contributed by atoms with E-state index in [1.165, 1.54) is 17.2 Å². The van der Waals surface area contributed by atoms with Crippen LogP contribution in [-0.2, 0) is 4.74 Å². The molecule has 1 saturated heterocycles. The standard InChI is InChI=1S/C39H40O10/c1-19-13-22-14-23(38(46)47)16-30(48-39-37(45)36(44)34(42)31(18-40)49-39)33(22)35(43)32(19)29(41)17-27-21-11-12-24(20-7-3-2-4-8-20)28(15-21)26-10-6-5-9-25(26)27/h2-10,13-14,16,21,24,27-28,31,34,36-37,39-40,42-45H,11-12,15,17-18H2,1H3,(H,46,47)/t21-,24-,27+,28-,31+,34+,36-,37+,39+/m0/s1. The van der Waals surface area contributed by atoms with Crippen molar-refractivity contribution < 1.29 is 49.7 Å². The molecule has 9 atom stereocenters. The molecular weight excluding hydrogens is 628 g/mol. The maximum Gasteiger partial charge on any atom is 0.335 e. The van der Waals surface area contributed by atoms with Gasteiger partial charge >= 0.3 is 5.97 Å². The zero-order chi connectivity index (χ0) is 34.6. The van der Waals surface area contributed by atoms with Gasteiger partial charge in [0.15, 0.2) is 5.78 Å². The number of aromatic hydroxyl groups is 1. The summed E-state index contributed by atoms with van der Waals surface area (Å²) < 4.78 is 11.4. The molecule has 0 aromatic heterocycles. The van der Waals surface area contributed by atoms with Crippen molar-refractivity contribution in [3.63, 3.8) is 0 Å². The van der Waals surface area contributed by atoms with Crippen molar-refractivity contribution in [2.45, 2.75) is 81.1 Å². The number of aromatic carboxylic acids is 1. The van der Waals surface area contributed by atoms with Gasteiger partial charge in [0.05, 0.1) is 23.1 Å². The van der Waals surface area contributed by atoms with Gasteiger partial charge < -0.3 is 40.1 Å². The van der Waals surface area contributed by atoms with E-state index in [9.17, 15) is 40.2 Å². The summed E-state index contributed by atoms with van der Waals surface area (Å²) in [7, 11) is 0. The van der Waals surface area contributed by atoms with E-state index >= 15 is 0 Å². The van der Waals surface area contributed by atoms with E-state index < -0.39 is 49.0 Å². The number of hydrogen-bond donors (Lipinski definition) is 6. The molecule has 0 spiro atoms. The predicted octanol–water partition coefficient (Wildman–Crippen LogP) is 4.77. The Bertz CT molecular complexity index is 1890. The van der Waals surface area contributed by atoms with E-state index in [-0.39, 0.29) is 51.7 Å². The number of hydrogen-bond acceptors (Lipinski definition) is 9. The van der Waals surface area contributed by atoms with Gasteiger partial charge in [-0.05, 0) is 89.6 Å². The van der Waals surface area contributed by atoms with Gasteiger partial charge in [0.2, 0.25) is 6.29 Å². The Morgan fingerprint density at radius 3 is 2.31 bits per heavy atom. The van der Waals surface area contributed by atoms with Gasteiger partial charge in [0.25, 0.3) is 0 Å². The summed E-state index contributed by atoms with van der Waals surface area (Å²) in [6, 6.07) is 23.1. The van der Waals surface area contributed by atoms with E-state index in [1.807, 2.05) is 12.1 Å². The highest BCUT2D eigenvalue weighted by molar-refractivity contribution is 6.09. The minimum Gasteiger partial charge on any atom is -0.506 e. The second-order valence-electron chi connectivity index (χ2n) is 13.7. The van der Waals surface area contributed by atoms with Gasteiger partial charge in [-0.1, -0.05) is 60.7 Å². The molecule has 0 amide bonds. The molecule has 10 heteroatoms. The van der Waals surface area contributed by atoms with Gasteiger partial charge in [-0.2, -0.15) is 0 Å². The van der Waals surface area contributed by atoms with Crippen LogP contribution in [0.2, 0.25) is 0 Å². The van der Waals surface area contributed by atoms with E-state index in [4.69, 9.17) is 9.47 Å². The fraction of sp³-hybridized carbons (Fsp3) is 0.385. The number of ketones is 1. The average Bonchev–Trinajstić information content (AvgIpc) is 3.10. The number of Topliss-reactive ketones (excluding diaryl/α,β-unsaturated/α-hetero) is 1. The number of carboxylic acids is 1. The molecule has 10 nitrogen and oxygen atoms in total. The first kappa shape index (κ1) is 33.2. The third kappa shape index (κ3) is 5.87. The first-order valence-corrected chi connectivity index (χ1v) is 16.7. The van der Waals surface area contributed by atoms with Crippen molar-refractivity contribution in [3.05, 3.63) is 106 Å². The van der Waals surface area contributed by atoms with Crippen LogP contribution in [0.3, 0.4) is 0 Å². The molecule has 3 aliphatic rings. The Morgan fingerprint density at radius 1 is 0.878 bits per heavy atom. The maximum atomic E-state index is 14.3. The van der Waals surface area contributed by atoms with E-state index in [2.05, 4.69) is 42.5 Å². The summed E-state index contributed by atoms with van der Waals surface area (Å²) >= 11 is 0. The summed E-state index contributed by atoms with van der Waals surface area (Å²) in [4.78, 5) is 26.3. The molecule has 7 rings (SSSR count). The Balaban J connectivity index is 1.24. The highest BCUT2D eigenvalue weighted by Gasteiger charge is 2.46. The van der Waals surface area contributed by atoms with E-state index in [0.29, 0.717) is 17.4 Å². The Labute approximate surface area is 283 Å². The zero-order valence-electron chi connectivity index (χ0n) is 27.0. The number of benzene rings is 4. The average molecular weight is 669 g/mol. The van der Waals surface area contributed by atoms with Gasteiger partial charge in [0, 0.05) is 6.42 Å². The number of carboxylic acid groups (broad SMARTS) is 1. The lowest BCUT2D eigenvalue weighted by molar-refractivity contribution is -0.277. The quantitative estimate of drug-likeness (QED) is 0.144. The SMILES string of the molecule is Cc1cc2cc(C(=O)O)cc(O[C@@H]3O[C@H](CO)[C@@H](O)[C@H](O)[C@H]3O)c2c(O)c1C(=O)C[C@H]1c2ccccc2[C@H]2C[C@@H]1CC[C@H]2c1ccccc1. The van der Waals surface area contributed by atoms with Gasteiger partial charge in [0.1, 0.15) is 35.9 Å². The van der Waals surface area contributed by atoms with Crippen molar-refractivity contribution in [2.75, 3.05) is 6.61 Å². The molecule has 1 aliphatic heterocycles. The number of aliphatic hydroxyl groups excluding tert-OH is 4. The number of aliphatic hydroxyl groups is 4. The van der Waals surface area contributed by atoms with Crippen molar-refractivity contribution in [1.82, 2.24) is 0 Å². The molecule has 4 aromatic rings. The Hall–Kier alpha value is -4.32. The molecule has 2 fully saturated rings. The Kier molecular flexibility index (Phi) is 8.93. The molecule has 256 valence electrons. The predicted molar refractivity (Wildman–Crippen MR) is 179 cm³/mol. The van der Waals surface area contributed by atoms with Crippen LogP contribution in [-0.4, -0.2) is 79.7 Å². The van der Waals surface area contributed by atoms with Crippen molar-refractivity contribution in [1.29, 1.82) is 0 Å². The number of carbonyl (C=O) groups excluding carboxylic acids is 1. The summed E-state index contributed by atoms with van der Waals surface area (Å²) in [6.45, 7) is 0.997. The van der Waals surface area contributed by atoms with Crippen LogP contribution in [0.4, 0.5) is 0 Å². The van der Waals surface area contributed by atoms with Gasteiger partial charge in [-0.15, -0.1) is 0 Å². The van der Waals surface area contributed by atoms with Crippen LogP contribution in [0.1, 0.15) is 86.4 Å². The summed E-state index contributed by atoms with van der Waals surface area (Å²) in [6.07, 6.45) is -4.93. The fourth-order valence-corrected chi connectivity index (χ4v) is 8.51. The van der Waals surface area contributed by atoms with Crippen molar-refractivity contribution in [3.8, 4) is 11.5 Å². The number of rotatable bonds is 8. The minimum atomic E-state index is -1.78. The largest absolute Gasteiger partial charge is 0.506 e.